The number of aliphatic imine (C=N–C) groups is 1. The normalized spacial score (nSPS) is 23.1. The Morgan fingerprint density at radius 2 is 2.00 bits per heavy atom. The summed E-state index contributed by atoms with van der Waals surface area (Å²) in [4.78, 5) is 6.94. The van der Waals surface area contributed by atoms with Crippen LogP contribution in [0.2, 0.25) is 0 Å². The molecule has 2 fully saturated rings. The number of halogens is 1. The summed E-state index contributed by atoms with van der Waals surface area (Å²) in [5, 5.41) is 0. The number of rotatable bonds is 5. The van der Waals surface area contributed by atoms with E-state index >= 15 is 0 Å². The minimum absolute atomic E-state index is 0. The molecule has 1 saturated carbocycles. The Morgan fingerprint density at radius 3 is 2.50 bits per heavy atom. The highest BCUT2D eigenvalue weighted by Crippen LogP contribution is 2.44. The van der Waals surface area contributed by atoms with Crippen molar-refractivity contribution < 1.29 is 4.74 Å². The fourth-order valence-electron chi connectivity index (χ4n) is 3.07. The van der Waals surface area contributed by atoms with Gasteiger partial charge in [-0.25, -0.2) is 0 Å². The van der Waals surface area contributed by atoms with E-state index in [4.69, 9.17) is 10.5 Å². The van der Waals surface area contributed by atoms with E-state index in [-0.39, 0.29) is 24.0 Å². The molecule has 118 valence electrons. The maximum absolute atomic E-state index is 6.15. The van der Waals surface area contributed by atoms with Gasteiger partial charge in [-0.1, -0.05) is 13.3 Å². The van der Waals surface area contributed by atoms with Crippen molar-refractivity contribution in [2.75, 3.05) is 33.4 Å². The first kappa shape index (κ1) is 18.0. The summed E-state index contributed by atoms with van der Waals surface area (Å²) in [5.41, 5.74) is 6.53. The molecule has 5 heteroatoms. The molecule has 2 rings (SSSR count). The largest absolute Gasteiger partial charge is 0.385 e. The van der Waals surface area contributed by atoms with Crippen LogP contribution in [0.4, 0.5) is 0 Å². The van der Waals surface area contributed by atoms with Crippen LogP contribution in [0.3, 0.4) is 0 Å². The second-order valence-electron chi connectivity index (χ2n) is 6.44. The van der Waals surface area contributed by atoms with Crippen LogP contribution in [0.5, 0.6) is 0 Å². The Morgan fingerprint density at radius 1 is 1.35 bits per heavy atom. The van der Waals surface area contributed by atoms with Crippen molar-refractivity contribution in [3.8, 4) is 0 Å². The Bertz CT molecular complexity index is 310. The lowest BCUT2D eigenvalue weighted by atomic mass is 9.67. The Hall–Kier alpha value is -0.0400. The lowest BCUT2D eigenvalue weighted by Crippen LogP contribution is -2.43. The number of methoxy groups -OCH3 is 1. The van der Waals surface area contributed by atoms with Crippen LogP contribution in [0.25, 0.3) is 0 Å². The third kappa shape index (κ3) is 4.76. The van der Waals surface area contributed by atoms with Crippen molar-refractivity contribution in [1.29, 1.82) is 0 Å². The quantitative estimate of drug-likeness (QED) is 0.443. The molecule has 2 N–H and O–H groups in total. The standard InChI is InChI=1S/C15H29N3O.HI/c1-13-4-9-18(10-5-13)14(16)17-12-15(6-3-7-15)8-11-19-2;/h13H,3-12H2,1-2H3,(H2,16,17);1H. The average molecular weight is 395 g/mol. The van der Waals surface area contributed by atoms with E-state index < -0.39 is 0 Å². The SMILES string of the molecule is COCCC1(CN=C(N)N2CCC(C)CC2)CCC1.I. The van der Waals surface area contributed by atoms with Crippen molar-refractivity contribution in [3.05, 3.63) is 0 Å². The summed E-state index contributed by atoms with van der Waals surface area (Å²) in [7, 11) is 1.78. The van der Waals surface area contributed by atoms with E-state index in [9.17, 15) is 0 Å². The molecule has 0 bridgehead atoms. The topological polar surface area (TPSA) is 50.9 Å². The summed E-state index contributed by atoms with van der Waals surface area (Å²) in [6.07, 6.45) is 7.50. The zero-order valence-corrected chi connectivity index (χ0v) is 15.3. The molecule has 1 heterocycles. The Balaban J connectivity index is 0.00000200. The molecule has 0 aromatic carbocycles. The Labute approximate surface area is 140 Å². The maximum Gasteiger partial charge on any atom is 0.191 e. The fraction of sp³-hybridized carbons (Fsp3) is 0.933. The first-order valence-corrected chi connectivity index (χ1v) is 7.69. The number of ether oxygens (including phenoxy) is 1. The zero-order chi connectivity index (χ0) is 13.7. The second kappa shape index (κ2) is 8.41. The molecule has 0 aromatic heterocycles. The van der Waals surface area contributed by atoms with Crippen LogP contribution < -0.4 is 5.73 Å². The average Bonchev–Trinajstić information content (AvgIpc) is 2.37. The van der Waals surface area contributed by atoms with Crippen LogP contribution in [0.15, 0.2) is 4.99 Å². The molecular weight excluding hydrogens is 365 g/mol. The summed E-state index contributed by atoms with van der Waals surface area (Å²) in [6, 6.07) is 0. The summed E-state index contributed by atoms with van der Waals surface area (Å²) >= 11 is 0. The summed E-state index contributed by atoms with van der Waals surface area (Å²) < 4.78 is 5.22. The van der Waals surface area contributed by atoms with Gasteiger partial charge in [-0.05, 0) is 43.4 Å². The van der Waals surface area contributed by atoms with Gasteiger partial charge in [0.1, 0.15) is 0 Å². The van der Waals surface area contributed by atoms with Gasteiger partial charge in [0.15, 0.2) is 5.96 Å². The second-order valence-corrected chi connectivity index (χ2v) is 6.44. The lowest BCUT2D eigenvalue weighted by molar-refractivity contribution is 0.0776. The third-order valence-corrected chi connectivity index (χ3v) is 4.93. The smallest absolute Gasteiger partial charge is 0.191 e. The van der Waals surface area contributed by atoms with Crippen molar-refractivity contribution in [1.82, 2.24) is 4.90 Å². The molecule has 0 unspecified atom stereocenters. The molecule has 1 aliphatic carbocycles. The summed E-state index contributed by atoms with van der Waals surface area (Å²) in [5.74, 6) is 1.60. The van der Waals surface area contributed by atoms with Gasteiger partial charge in [-0.15, -0.1) is 24.0 Å². The third-order valence-electron chi connectivity index (χ3n) is 4.93. The van der Waals surface area contributed by atoms with E-state index in [1.54, 1.807) is 7.11 Å². The van der Waals surface area contributed by atoms with Gasteiger partial charge in [0.2, 0.25) is 0 Å². The van der Waals surface area contributed by atoms with Crippen molar-refractivity contribution in [2.24, 2.45) is 22.1 Å². The molecule has 0 aromatic rings. The zero-order valence-electron chi connectivity index (χ0n) is 12.9. The minimum atomic E-state index is 0. The highest BCUT2D eigenvalue weighted by molar-refractivity contribution is 14.0. The highest BCUT2D eigenvalue weighted by atomic mass is 127. The molecule has 2 aliphatic rings. The van der Waals surface area contributed by atoms with E-state index in [0.29, 0.717) is 5.41 Å². The molecule has 0 radical (unpaired) electrons. The maximum atomic E-state index is 6.15. The summed E-state index contributed by atoms with van der Waals surface area (Å²) in [6.45, 7) is 6.19. The first-order valence-electron chi connectivity index (χ1n) is 7.69. The molecule has 0 spiro atoms. The van der Waals surface area contributed by atoms with E-state index in [2.05, 4.69) is 16.8 Å². The monoisotopic (exact) mass is 395 g/mol. The van der Waals surface area contributed by atoms with Gasteiger partial charge in [0.05, 0.1) is 0 Å². The highest BCUT2D eigenvalue weighted by Gasteiger charge is 2.36. The predicted octanol–water partition coefficient (Wildman–Crippen LogP) is 2.86. The molecule has 1 saturated heterocycles. The number of hydrogen-bond donors (Lipinski definition) is 1. The van der Waals surface area contributed by atoms with Crippen molar-refractivity contribution in [2.45, 2.75) is 45.4 Å². The van der Waals surface area contributed by atoms with Crippen LogP contribution in [-0.4, -0.2) is 44.2 Å². The van der Waals surface area contributed by atoms with E-state index in [1.165, 1.54) is 32.1 Å². The predicted molar refractivity (Wildman–Crippen MR) is 94.7 cm³/mol. The molecule has 0 amide bonds. The van der Waals surface area contributed by atoms with E-state index in [1.807, 2.05) is 0 Å². The first-order chi connectivity index (χ1) is 9.15. The number of hydrogen-bond acceptors (Lipinski definition) is 2. The number of guanidine groups is 1. The van der Waals surface area contributed by atoms with Crippen LogP contribution >= 0.6 is 24.0 Å². The fourth-order valence-corrected chi connectivity index (χ4v) is 3.07. The lowest BCUT2D eigenvalue weighted by Gasteiger charge is -2.41. The van der Waals surface area contributed by atoms with Crippen LogP contribution in [-0.2, 0) is 4.74 Å². The minimum Gasteiger partial charge on any atom is -0.385 e. The van der Waals surface area contributed by atoms with Gasteiger partial charge in [-0.3, -0.25) is 4.99 Å². The number of nitrogens with zero attached hydrogens (tertiary/aromatic N) is 2. The van der Waals surface area contributed by atoms with Gasteiger partial charge in [-0.2, -0.15) is 0 Å². The van der Waals surface area contributed by atoms with Gasteiger partial charge in [0, 0.05) is 33.4 Å². The number of likely N-dealkylation sites (tertiary alicyclic amines) is 1. The van der Waals surface area contributed by atoms with Gasteiger partial charge < -0.3 is 15.4 Å². The van der Waals surface area contributed by atoms with Crippen LogP contribution in [0.1, 0.15) is 45.4 Å². The van der Waals surface area contributed by atoms with E-state index in [0.717, 1.165) is 44.5 Å². The molecular formula is C15H30IN3O. The number of piperidine rings is 1. The van der Waals surface area contributed by atoms with Crippen LogP contribution in [0, 0.1) is 11.3 Å². The molecule has 1 aliphatic heterocycles. The molecule has 0 atom stereocenters. The number of nitrogens with two attached hydrogens (primary N) is 1. The molecule has 4 nitrogen and oxygen atoms in total. The van der Waals surface area contributed by atoms with Gasteiger partial charge >= 0.3 is 0 Å². The Kier molecular flexibility index (Phi) is 7.58. The molecule has 20 heavy (non-hydrogen) atoms. The van der Waals surface area contributed by atoms with Crippen molar-refractivity contribution >= 4 is 29.9 Å². The van der Waals surface area contributed by atoms with Crippen molar-refractivity contribution in [3.63, 3.8) is 0 Å². The van der Waals surface area contributed by atoms with Gasteiger partial charge in [0.25, 0.3) is 0 Å².